The molecule has 2 heterocycles. The zero-order chi connectivity index (χ0) is 20.9. The van der Waals surface area contributed by atoms with E-state index in [1.165, 1.54) is 12.1 Å². The molecule has 3 rings (SSSR count). The highest BCUT2D eigenvalue weighted by Crippen LogP contribution is 2.25. The maximum absolute atomic E-state index is 13.4. The molecule has 2 saturated heterocycles. The van der Waals surface area contributed by atoms with Crippen molar-refractivity contribution in [3.8, 4) is 0 Å². The zero-order valence-corrected chi connectivity index (χ0v) is 17.2. The Kier molecular flexibility index (Phi) is 7.24. The topological polar surface area (TPSA) is 72.9 Å². The van der Waals surface area contributed by atoms with E-state index in [2.05, 4.69) is 10.2 Å². The lowest BCUT2D eigenvalue weighted by atomic mass is 9.93. The SMILES string of the molecule is CC(=O)NC1CCN(C[C@]2(O)CCCN(C(=O)Cc3cccc(F)c3)CC2)CC1. The molecule has 29 heavy (non-hydrogen) atoms. The molecule has 2 fully saturated rings. The van der Waals surface area contributed by atoms with Crippen LogP contribution in [0.5, 0.6) is 0 Å². The number of hydrogen-bond donors (Lipinski definition) is 2. The zero-order valence-electron chi connectivity index (χ0n) is 17.2. The van der Waals surface area contributed by atoms with Crippen molar-refractivity contribution in [1.29, 1.82) is 0 Å². The van der Waals surface area contributed by atoms with E-state index in [1.807, 2.05) is 0 Å². The molecule has 6 nitrogen and oxygen atoms in total. The fraction of sp³-hybridized carbons (Fsp3) is 0.636. The Balaban J connectivity index is 1.48. The number of piperidine rings is 1. The van der Waals surface area contributed by atoms with E-state index in [4.69, 9.17) is 0 Å². The van der Waals surface area contributed by atoms with Gasteiger partial charge in [0.2, 0.25) is 11.8 Å². The lowest BCUT2D eigenvalue weighted by Crippen LogP contribution is -2.50. The molecule has 0 aromatic heterocycles. The van der Waals surface area contributed by atoms with Gasteiger partial charge in [0.15, 0.2) is 0 Å². The van der Waals surface area contributed by atoms with E-state index in [9.17, 15) is 19.1 Å². The fourth-order valence-corrected chi connectivity index (χ4v) is 4.46. The van der Waals surface area contributed by atoms with Crippen molar-refractivity contribution in [1.82, 2.24) is 15.1 Å². The maximum atomic E-state index is 13.4. The quantitative estimate of drug-likeness (QED) is 0.782. The van der Waals surface area contributed by atoms with Crippen LogP contribution in [0, 0.1) is 5.82 Å². The summed E-state index contributed by atoms with van der Waals surface area (Å²) in [4.78, 5) is 27.9. The van der Waals surface area contributed by atoms with Gasteiger partial charge in [-0.1, -0.05) is 12.1 Å². The van der Waals surface area contributed by atoms with Crippen molar-refractivity contribution >= 4 is 11.8 Å². The lowest BCUT2D eigenvalue weighted by Gasteiger charge is -2.38. The van der Waals surface area contributed by atoms with Gasteiger partial charge < -0.3 is 20.2 Å². The second-order valence-electron chi connectivity index (χ2n) is 8.52. The van der Waals surface area contributed by atoms with Crippen molar-refractivity contribution in [3.63, 3.8) is 0 Å². The third-order valence-corrected chi connectivity index (χ3v) is 6.03. The highest BCUT2D eigenvalue weighted by atomic mass is 19.1. The number of amides is 2. The summed E-state index contributed by atoms with van der Waals surface area (Å²) in [7, 11) is 0. The molecule has 0 bridgehead atoms. The summed E-state index contributed by atoms with van der Waals surface area (Å²) < 4.78 is 13.4. The van der Waals surface area contributed by atoms with Crippen LogP contribution in [0.2, 0.25) is 0 Å². The van der Waals surface area contributed by atoms with Crippen molar-refractivity contribution in [2.45, 2.75) is 57.1 Å². The second kappa shape index (κ2) is 9.67. The average molecular weight is 406 g/mol. The van der Waals surface area contributed by atoms with E-state index < -0.39 is 5.60 Å². The van der Waals surface area contributed by atoms with Crippen molar-refractivity contribution < 1.29 is 19.1 Å². The van der Waals surface area contributed by atoms with Crippen LogP contribution in [0.4, 0.5) is 4.39 Å². The van der Waals surface area contributed by atoms with Gasteiger partial charge in [0.1, 0.15) is 5.82 Å². The largest absolute Gasteiger partial charge is 0.388 e. The van der Waals surface area contributed by atoms with E-state index >= 15 is 0 Å². The van der Waals surface area contributed by atoms with Gasteiger partial charge >= 0.3 is 0 Å². The number of aliphatic hydroxyl groups is 1. The number of halogens is 1. The number of carbonyl (C=O) groups is 2. The molecule has 1 atom stereocenters. The third kappa shape index (κ3) is 6.51. The number of rotatable bonds is 5. The van der Waals surface area contributed by atoms with Gasteiger partial charge in [0, 0.05) is 45.7 Å². The van der Waals surface area contributed by atoms with E-state index in [0.29, 0.717) is 38.0 Å². The maximum Gasteiger partial charge on any atom is 0.226 e. The van der Waals surface area contributed by atoms with Crippen LogP contribution in [-0.4, -0.2) is 71.1 Å². The molecular formula is C22H32FN3O3. The summed E-state index contributed by atoms with van der Waals surface area (Å²) in [5.41, 5.74) is -0.120. The molecule has 0 radical (unpaired) electrons. The molecule has 7 heteroatoms. The molecule has 0 saturated carbocycles. The fourth-order valence-electron chi connectivity index (χ4n) is 4.46. The Morgan fingerprint density at radius 2 is 1.97 bits per heavy atom. The van der Waals surface area contributed by atoms with Crippen molar-refractivity contribution in [2.24, 2.45) is 0 Å². The molecule has 160 valence electrons. The summed E-state index contributed by atoms with van der Waals surface area (Å²) >= 11 is 0. The average Bonchev–Trinajstić information content (AvgIpc) is 2.85. The van der Waals surface area contributed by atoms with E-state index in [1.54, 1.807) is 24.0 Å². The number of benzene rings is 1. The van der Waals surface area contributed by atoms with Gasteiger partial charge in [0.25, 0.3) is 0 Å². The molecule has 0 unspecified atom stereocenters. The standard InChI is InChI=1S/C22H32FN3O3/c1-17(27)24-20-6-11-25(12-7-20)16-22(29)8-3-10-26(13-9-22)21(28)15-18-4-2-5-19(23)14-18/h2,4-5,14,20,29H,3,6-13,15-16H2,1H3,(H,24,27)/t22-/m0/s1. The summed E-state index contributed by atoms with van der Waals surface area (Å²) in [6, 6.07) is 6.38. The Morgan fingerprint density at radius 1 is 1.21 bits per heavy atom. The first-order valence-corrected chi connectivity index (χ1v) is 10.6. The number of β-amino-alcohol motifs (C(OH)–C–C–N with tert-alkyl or cyclic N) is 1. The minimum atomic E-state index is -0.797. The van der Waals surface area contributed by atoms with Gasteiger partial charge in [-0.25, -0.2) is 4.39 Å². The van der Waals surface area contributed by atoms with Gasteiger partial charge in [-0.3, -0.25) is 9.59 Å². The summed E-state index contributed by atoms with van der Waals surface area (Å²) in [5.74, 6) is -0.340. The highest BCUT2D eigenvalue weighted by molar-refractivity contribution is 5.78. The lowest BCUT2D eigenvalue weighted by molar-refractivity contribution is -0.130. The van der Waals surface area contributed by atoms with Crippen molar-refractivity contribution in [3.05, 3.63) is 35.6 Å². The molecule has 0 spiro atoms. The predicted molar refractivity (Wildman–Crippen MR) is 109 cm³/mol. The number of nitrogens with zero attached hydrogens (tertiary/aromatic N) is 2. The highest BCUT2D eigenvalue weighted by Gasteiger charge is 2.34. The second-order valence-corrected chi connectivity index (χ2v) is 8.52. The van der Waals surface area contributed by atoms with Crippen LogP contribution in [0.3, 0.4) is 0 Å². The van der Waals surface area contributed by atoms with Crippen LogP contribution in [-0.2, 0) is 16.0 Å². The molecule has 2 amide bonds. The molecular weight excluding hydrogens is 373 g/mol. The van der Waals surface area contributed by atoms with E-state index in [0.717, 1.165) is 32.4 Å². The van der Waals surface area contributed by atoms with Crippen LogP contribution in [0.15, 0.2) is 24.3 Å². The Morgan fingerprint density at radius 3 is 2.66 bits per heavy atom. The van der Waals surface area contributed by atoms with Gasteiger partial charge in [-0.15, -0.1) is 0 Å². The first-order chi connectivity index (χ1) is 13.8. The summed E-state index contributed by atoms with van der Waals surface area (Å²) in [6.45, 7) is 5.01. The smallest absolute Gasteiger partial charge is 0.226 e. The number of nitrogens with one attached hydrogen (secondary N) is 1. The van der Waals surface area contributed by atoms with Gasteiger partial charge in [-0.05, 0) is 49.8 Å². The summed E-state index contributed by atoms with van der Waals surface area (Å²) in [6.07, 6.45) is 3.96. The minimum Gasteiger partial charge on any atom is -0.388 e. The third-order valence-electron chi connectivity index (χ3n) is 6.03. The van der Waals surface area contributed by atoms with Gasteiger partial charge in [-0.2, -0.15) is 0 Å². The monoisotopic (exact) mass is 405 g/mol. The molecule has 2 aliphatic heterocycles. The van der Waals surface area contributed by atoms with Crippen LogP contribution >= 0.6 is 0 Å². The van der Waals surface area contributed by atoms with Gasteiger partial charge in [0.05, 0.1) is 12.0 Å². The Labute approximate surface area is 172 Å². The molecule has 1 aromatic carbocycles. The minimum absolute atomic E-state index is 0.00819. The molecule has 2 aliphatic rings. The first-order valence-electron chi connectivity index (χ1n) is 10.6. The van der Waals surface area contributed by atoms with Crippen molar-refractivity contribution in [2.75, 3.05) is 32.7 Å². The Bertz CT molecular complexity index is 721. The normalized spacial score (nSPS) is 24.2. The summed E-state index contributed by atoms with van der Waals surface area (Å²) in [5, 5.41) is 14.1. The number of likely N-dealkylation sites (tertiary alicyclic amines) is 2. The molecule has 2 N–H and O–H groups in total. The molecule has 0 aliphatic carbocycles. The molecule has 1 aromatic rings. The van der Waals surface area contributed by atoms with Crippen LogP contribution < -0.4 is 5.32 Å². The number of carbonyl (C=O) groups excluding carboxylic acids is 2. The number of hydrogen-bond acceptors (Lipinski definition) is 4. The van der Waals surface area contributed by atoms with Crippen LogP contribution in [0.1, 0.15) is 44.6 Å². The predicted octanol–water partition coefficient (Wildman–Crippen LogP) is 1.71. The van der Waals surface area contributed by atoms with Crippen LogP contribution in [0.25, 0.3) is 0 Å². The Hall–Kier alpha value is -1.99. The van der Waals surface area contributed by atoms with E-state index in [-0.39, 0.29) is 30.1 Å². The first kappa shape index (κ1) is 21.7.